The molecule has 1 aromatic carbocycles. The van der Waals surface area contributed by atoms with E-state index in [-0.39, 0.29) is 11.5 Å². The van der Waals surface area contributed by atoms with Gasteiger partial charge in [0.15, 0.2) is 0 Å². The van der Waals surface area contributed by atoms with Gasteiger partial charge >= 0.3 is 0 Å². The maximum absolute atomic E-state index is 11.6. The highest BCUT2D eigenvalue weighted by Crippen LogP contribution is 2.46. The van der Waals surface area contributed by atoms with E-state index in [0.717, 1.165) is 64.0 Å². The molecular weight excluding hydrogens is 452 g/mol. The Kier molecular flexibility index (Phi) is 6.74. The van der Waals surface area contributed by atoms with Crippen LogP contribution < -0.4 is 19.7 Å². The first-order chi connectivity index (χ1) is 17.7. The first-order valence-electron chi connectivity index (χ1n) is 13.9. The van der Waals surface area contributed by atoms with Crippen molar-refractivity contribution >= 4 is 17.4 Å². The monoisotopic (exact) mass is 490 g/mol. The quantitative estimate of drug-likeness (QED) is 0.573. The van der Waals surface area contributed by atoms with Crippen LogP contribution >= 0.6 is 0 Å². The summed E-state index contributed by atoms with van der Waals surface area (Å²) in [5.41, 5.74) is 3.89. The number of aryl methyl sites for hydroxylation is 2. The zero-order valence-electron chi connectivity index (χ0n) is 21.3. The number of ether oxygens (including phenoxy) is 2. The number of unbranched alkanes of at least 4 members (excludes halogenated alkanes) is 1. The Morgan fingerprint density at radius 3 is 2.67 bits per heavy atom. The lowest BCUT2D eigenvalue weighted by molar-refractivity contribution is -0.116. The number of fused-ring (bicyclic) bond motifs is 2. The Labute approximate surface area is 214 Å². The maximum atomic E-state index is 11.6. The largest absolute Gasteiger partial charge is 0.485 e. The Morgan fingerprint density at radius 1 is 0.944 bits per heavy atom. The summed E-state index contributed by atoms with van der Waals surface area (Å²) in [5, 5.41) is 2.84. The third-order valence-corrected chi connectivity index (χ3v) is 8.42. The number of aromatic nitrogens is 1. The molecule has 7 nitrogen and oxygen atoms in total. The smallest absolute Gasteiger partial charge is 0.225 e. The zero-order chi connectivity index (χ0) is 24.4. The SMILES string of the molecule is O=C1CCc2ccc(OCCCCN3CCN(c4cccc5c4OC4(CCCC4)CC5)CC3)nc2N1. The molecule has 1 amide bonds. The second-order valence-electron chi connectivity index (χ2n) is 10.8. The third kappa shape index (κ3) is 5.03. The Hall–Kier alpha value is -2.80. The molecule has 1 saturated heterocycles. The average molecular weight is 491 g/mol. The van der Waals surface area contributed by atoms with E-state index in [4.69, 9.17) is 9.47 Å². The predicted octanol–water partition coefficient (Wildman–Crippen LogP) is 4.59. The van der Waals surface area contributed by atoms with Crippen molar-refractivity contribution in [1.82, 2.24) is 9.88 Å². The highest BCUT2D eigenvalue weighted by molar-refractivity contribution is 5.92. The highest BCUT2D eigenvalue weighted by atomic mass is 16.5. The number of carbonyl (C=O) groups is 1. The number of pyridine rings is 1. The highest BCUT2D eigenvalue weighted by Gasteiger charge is 2.40. The number of hydrogen-bond acceptors (Lipinski definition) is 6. The van der Waals surface area contributed by atoms with Gasteiger partial charge in [-0.25, -0.2) is 0 Å². The summed E-state index contributed by atoms with van der Waals surface area (Å²) in [4.78, 5) is 21.2. The average Bonchev–Trinajstić information content (AvgIpc) is 3.36. The van der Waals surface area contributed by atoms with Crippen LogP contribution in [-0.2, 0) is 17.6 Å². The molecule has 192 valence electrons. The summed E-state index contributed by atoms with van der Waals surface area (Å²) in [6.07, 6.45) is 10.8. The molecule has 4 aliphatic rings. The summed E-state index contributed by atoms with van der Waals surface area (Å²) in [7, 11) is 0. The molecule has 1 spiro atoms. The normalized spacial score (nSPS) is 21.0. The van der Waals surface area contributed by atoms with Gasteiger partial charge in [-0.05, 0) is 87.6 Å². The van der Waals surface area contributed by atoms with Gasteiger partial charge in [-0.1, -0.05) is 12.1 Å². The predicted molar refractivity (Wildman–Crippen MR) is 141 cm³/mol. The summed E-state index contributed by atoms with van der Waals surface area (Å²) < 4.78 is 12.6. The van der Waals surface area contributed by atoms with Gasteiger partial charge in [0.1, 0.15) is 17.2 Å². The van der Waals surface area contributed by atoms with E-state index in [2.05, 4.69) is 38.3 Å². The van der Waals surface area contributed by atoms with E-state index in [1.807, 2.05) is 12.1 Å². The van der Waals surface area contributed by atoms with E-state index in [0.29, 0.717) is 24.7 Å². The fourth-order valence-corrected chi connectivity index (χ4v) is 6.27. The van der Waals surface area contributed by atoms with Crippen molar-refractivity contribution in [1.29, 1.82) is 0 Å². The van der Waals surface area contributed by atoms with Crippen molar-refractivity contribution in [2.45, 2.75) is 69.8 Å². The minimum Gasteiger partial charge on any atom is -0.485 e. The second kappa shape index (κ2) is 10.3. The van der Waals surface area contributed by atoms with Crippen LogP contribution in [0.25, 0.3) is 0 Å². The number of rotatable bonds is 7. The van der Waals surface area contributed by atoms with Gasteiger partial charge in [0.05, 0.1) is 12.3 Å². The van der Waals surface area contributed by atoms with Crippen molar-refractivity contribution in [3.05, 3.63) is 41.5 Å². The first-order valence-corrected chi connectivity index (χ1v) is 13.9. The summed E-state index contributed by atoms with van der Waals surface area (Å²) >= 11 is 0. The molecule has 6 rings (SSSR count). The van der Waals surface area contributed by atoms with Gasteiger partial charge in [0.2, 0.25) is 11.8 Å². The molecule has 3 aliphatic heterocycles. The lowest BCUT2D eigenvalue weighted by Gasteiger charge is -2.41. The van der Waals surface area contributed by atoms with Crippen LogP contribution in [0.15, 0.2) is 30.3 Å². The van der Waals surface area contributed by atoms with Crippen LogP contribution in [0.5, 0.6) is 11.6 Å². The Morgan fingerprint density at radius 2 is 1.81 bits per heavy atom. The lowest BCUT2D eigenvalue weighted by atomic mass is 9.89. The fraction of sp³-hybridized carbons (Fsp3) is 0.586. The van der Waals surface area contributed by atoms with Crippen molar-refractivity contribution in [2.24, 2.45) is 0 Å². The van der Waals surface area contributed by atoms with Crippen molar-refractivity contribution in [2.75, 3.05) is 49.5 Å². The molecule has 0 atom stereocenters. The van der Waals surface area contributed by atoms with Crippen LogP contribution in [0.1, 0.15) is 62.5 Å². The summed E-state index contributed by atoms with van der Waals surface area (Å²) in [6, 6.07) is 10.7. The molecule has 36 heavy (non-hydrogen) atoms. The molecule has 4 heterocycles. The molecular formula is C29H38N4O3. The third-order valence-electron chi connectivity index (χ3n) is 8.42. The van der Waals surface area contributed by atoms with Crippen LogP contribution in [0.2, 0.25) is 0 Å². The molecule has 0 bridgehead atoms. The second-order valence-corrected chi connectivity index (χ2v) is 10.8. The standard InChI is InChI=1S/C29H38N4O3/c34-25-10-8-23-9-11-26(31-28(23)30-25)35-21-4-3-16-32-17-19-33(20-18-32)24-7-5-6-22-12-15-29(36-27(22)24)13-1-2-14-29/h5-7,9,11H,1-4,8,10,12-21H2,(H,30,31,34). The first kappa shape index (κ1) is 23.6. The van der Waals surface area contributed by atoms with Gasteiger partial charge < -0.3 is 19.7 Å². The number of piperazine rings is 1. The molecule has 1 aromatic heterocycles. The molecule has 0 unspecified atom stereocenters. The number of para-hydroxylation sites is 1. The number of carbonyl (C=O) groups excluding carboxylic acids is 1. The lowest BCUT2D eigenvalue weighted by Crippen LogP contribution is -2.47. The number of hydrogen-bond donors (Lipinski definition) is 1. The number of nitrogens with zero attached hydrogens (tertiary/aromatic N) is 3. The number of anilines is 2. The van der Waals surface area contributed by atoms with Gasteiger partial charge in [-0.2, -0.15) is 4.98 Å². The van der Waals surface area contributed by atoms with E-state index in [1.54, 1.807) is 0 Å². The molecule has 0 radical (unpaired) electrons. The molecule has 1 aliphatic carbocycles. The molecule has 2 fully saturated rings. The molecule has 1 N–H and O–H groups in total. The fourth-order valence-electron chi connectivity index (χ4n) is 6.27. The van der Waals surface area contributed by atoms with Gasteiger partial charge in [0.25, 0.3) is 0 Å². The zero-order valence-corrected chi connectivity index (χ0v) is 21.3. The van der Waals surface area contributed by atoms with Gasteiger partial charge in [-0.3, -0.25) is 9.69 Å². The Balaban J connectivity index is 0.950. The number of benzene rings is 1. The van der Waals surface area contributed by atoms with Gasteiger partial charge in [-0.15, -0.1) is 0 Å². The summed E-state index contributed by atoms with van der Waals surface area (Å²) in [6.45, 7) is 6.01. The number of amides is 1. The van der Waals surface area contributed by atoms with Crippen molar-refractivity contribution in [3.8, 4) is 11.6 Å². The Bertz CT molecular complexity index is 1090. The van der Waals surface area contributed by atoms with Crippen LogP contribution in [0, 0.1) is 0 Å². The van der Waals surface area contributed by atoms with Crippen molar-refractivity contribution < 1.29 is 14.3 Å². The minimum absolute atomic E-state index is 0.0321. The molecule has 7 heteroatoms. The van der Waals surface area contributed by atoms with E-state index < -0.39 is 0 Å². The summed E-state index contributed by atoms with van der Waals surface area (Å²) in [5.74, 6) is 2.46. The van der Waals surface area contributed by atoms with E-state index >= 15 is 0 Å². The van der Waals surface area contributed by atoms with E-state index in [9.17, 15) is 4.79 Å². The minimum atomic E-state index is 0.0321. The van der Waals surface area contributed by atoms with Crippen LogP contribution in [-0.4, -0.2) is 60.7 Å². The van der Waals surface area contributed by atoms with Crippen LogP contribution in [0.3, 0.4) is 0 Å². The maximum Gasteiger partial charge on any atom is 0.225 e. The topological polar surface area (TPSA) is 66.9 Å². The van der Waals surface area contributed by atoms with E-state index in [1.165, 1.54) is 49.1 Å². The molecule has 2 aromatic rings. The number of nitrogens with one attached hydrogen (secondary N) is 1. The van der Waals surface area contributed by atoms with Crippen LogP contribution in [0.4, 0.5) is 11.5 Å². The molecule has 1 saturated carbocycles. The van der Waals surface area contributed by atoms with Crippen molar-refractivity contribution in [3.63, 3.8) is 0 Å². The van der Waals surface area contributed by atoms with Gasteiger partial charge in [0, 0.05) is 38.7 Å².